The molecule has 1 N–H and O–H groups in total. The van der Waals surface area contributed by atoms with Crippen LogP contribution in [0.3, 0.4) is 0 Å². The SMILES string of the molecule is C[C@@H]1C[C@@H](NC(=O)N2CCN(C(=O)C3CCC3)CC2)c2ccccc21. The minimum absolute atomic E-state index is 0.00430. The Morgan fingerprint density at radius 2 is 1.64 bits per heavy atom. The number of urea groups is 1. The van der Waals surface area contributed by atoms with Crippen molar-refractivity contribution in [3.63, 3.8) is 0 Å². The molecule has 5 nitrogen and oxygen atoms in total. The lowest BCUT2D eigenvalue weighted by Gasteiger charge is -2.38. The summed E-state index contributed by atoms with van der Waals surface area (Å²) in [7, 11) is 0. The number of hydrogen-bond acceptors (Lipinski definition) is 2. The Labute approximate surface area is 149 Å². The van der Waals surface area contributed by atoms with Gasteiger partial charge in [-0.1, -0.05) is 37.6 Å². The highest BCUT2D eigenvalue weighted by molar-refractivity contribution is 5.80. The summed E-state index contributed by atoms with van der Waals surface area (Å²) in [6.07, 6.45) is 4.23. The zero-order valence-corrected chi connectivity index (χ0v) is 14.9. The third kappa shape index (κ3) is 3.12. The van der Waals surface area contributed by atoms with Crippen LogP contribution in [0.5, 0.6) is 0 Å². The van der Waals surface area contributed by atoms with Crippen molar-refractivity contribution in [2.45, 2.75) is 44.6 Å². The van der Waals surface area contributed by atoms with Gasteiger partial charge >= 0.3 is 6.03 Å². The van der Waals surface area contributed by atoms with Gasteiger partial charge in [-0.25, -0.2) is 4.79 Å². The molecule has 1 heterocycles. The summed E-state index contributed by atoms with van der Waals surface area (Å²) in [4.78, 5) is 28.8. The summed E-state index contributed by atoms with van der Waals surface area (Å²) in [5.41, 5.74) is 2.60. The zero-order valence-electron chi connectivity index (χ0n) is 14.9. The molecule has 134 valence electrons. The van der Waals surface area contributed by atoms with E-state index in [0.29, 0.717) is 38.0 Å². The Morgan fingerprint density at radius 1 is 1.00 bits per heavy atom. The summed E-state index contributed by atoms with van der Waals surface area (Å²) in [5.74, 6) is 1.03. The number of fused-ring (bicyclic) bond motifs is 1. The lowest BCUT2D eigenvalue weighted by Crippen LogP contribution is -2.54. The summed E-state index contributed by atoms with van der Waals surface area (Å²) in [6.45, 7) is 4.82. The maximum Gasteiger partial charge on any atom is 0.318 e. The first kappa shape index (κ1) is 16.4. The lowest BCUT2D eigenvalue weighted by molar-refractivity contribution is -0.139. The highest BCUT2D eigenvalue weighted by atomic mass is 16.2. The van der Waals surface area contributed by atoms with Crippen LogP contribution in [-0.2, 0) is 4.79 Å². The first-order valence-electron chi connectivity index (χ1n) is 9.56. The van der Waals surface area contributed by atoms with Crippen LogP contribution in [0.1, 0.15) is 55.7 Å². The molecule has 4 rings (SSSR count). The molecule has 2 fully saturated rings. The standard InChI is InChI=1S/C20H27N3O2/c1-14-13-18(17-8-3-2-7-16(14)17)21-20(25)23-11-9-22(10-12-23)19(24)15-5-4-6-15/h2-3,7-8,14-15,18H,4-6,9-13H2,1H3,(H,21,25)/t14-,18-/m1/s1. The number of carbonyl (C=O) groups is 2. The zero-order chi connectivity index (χ0) is 17.4. The van der Waals surface area contributed by atoms with Crippen LogP contribution in [0.15, 0.2) is 24.3 Å². The number of hydrogen-bond donors (Lipinski definition) is 1. The van der Waals surface area contributed by atoms with E-state index in [1.54, 1.807) is 0 Å². The van der Waals surface area contributed by atoms with Crippen LogP contribution in [0.4, 0.5) is 4.79 Å². The molecule has 1 aliphatic heterocycles. The topological polar surface area (TPSA) is 52.7 Å². The van der Waals surface area contributed by atoms with Gasteiger partial charge in [0.2, 0.25) is 5.91 Å². The van der Waals surface area contributed by atoms with E-state index in [-0.39, 0.29) is 18.0 Å². The molecule has 1 saturated carbocycles. The second kappa shape index (κ2) is 6.70. The number of nitrogens with zero attached hydrogens (tertiary/aromatic N) is 2. The molecule has 2 aliphatic carbocycles. The van der Waals surface area contributed by atoms with Crippen LogP contribution < -0.4 is 5.32 Å². The highest BCUT2D eigenvalue weighted by Crippen LogP contribution is 2.39. The number of benzene rings is 1. The van der Waals surface area contributed by atoms with Crippen molar-refractivity contribution < 1.29 is 9.59 Å². The molecule has 2 atom stereocenters. The lowest BCUT2D eigenvalue weighted by atomic mass is 9.84. The number of amides is 3. The van der Waals surface area contributed by atoms with Crippen molar-refractivity contribution in [2.24, 2.45) is 5.92 Å². The second-order valence-corrected chi connectivity index (χ2v) is 7.71. The fourth-order valence-corrected chi connectivity index (χ4v) is 4.30. The molecule has 0 aromatic heterocycles. The molecule has 1 saturated heterocycles. The second-order valence-electron chi connectivity index (χ2n) is 7.71. The quantitative estimate of drug-likeness (QED) is 0.899. The third-order valence-corrected chi connectivity index (χ3v) is 6.12. The van der Waals surface area contributed by atoms with E-state index in [1.807, 2.05) is 15.9 Å². The van der Waals surface area contributed by atoms with Gasteiger partial charge in [0.05, 0.1) is 6.04 Å². The van der Waals surface area contributed by atoms with E-state index >= 15 is 0 Å². The van der Waals surface area contributed by atoms with Crippen molar-refractivity contribution in [2.75, 3.05) is 26.2 Å². The fraction of sp³-hybridized carbons (Fsp3) is 0.600. The molecule has 0 bridgehead atoms. The predicted octanol–water partition coefficient (Wildman–Crippen LogP) is 2.89. The summed E-state index contributed by atoms with van der Waals surface area (Å²) in [5, 5.41) is 3.21. The molecule has 0 spiro atoms. The molecule has 0 unspecified atom stereocenters. The van der Waals surface area contributed by atoms with Gasteiger partial charge in [-0.15, -0.1) is 0 Å². The monoisotopic (exact) mass is 341 g/mol. The Kier molecular flexibility index (Phi) is 4.40. The van der Waals surface area contributed by atoms with Crippen LogP contribution in [-0.4, -0.2) is 47.9 Å². The molecule has 25 heavy (non-hydrogen) atoms. The minimum atomic E-state index is 0.00430. The van der Waals surface area contributed by atoms with Gasteiger partial charge in [-0.05, 0) is 36.3 Å². The predicted molar refractivity (Wildman–Crippen MR) is 96.2 cm³/mol. The molecule has 3 amide bonds. The van der Waals surface area contributed by atoms with E-state index in [2.05, 4.69) is 30.4 Å². The van der Waals surface area contributed by atoms with Gasteiger partial charge in [0, 0.05) is 32.1 Å². The van der Waals surface area contributed by atoms with E-state index in [9.17, 15) is 9.59 Å². The van der Waals surface area contributed by atoms with Gasteiger partial charge in [-0.3, -0.25) is 4.79 Å². The maximum atomic E-state index is 12.7. The van der Waals surface area contributed by atoms with Crippen molar-refractivity contribution in [1.29, 1.82) is 0 Å². The fourth-order valence-electron chi connectivity index (χ4n) is 4.30. The maximum absolute atomic E-state index is 12.7. The normalized spacial score (nSPS) is 26.1. The van der Waals surface area contributed by atoms with Crippen molar-refractivity contribution >= 4 is 11.9 Å². The van der Waals surface area contributed by atoms with E-state index in [1.165, 1.54) is 17.5 Å². The van der Waals surface area contributed by atoms with Crippen LogP contribution in [0.25, 0.3) is 0 Å². The van der Waals surface area contributed by atoms with Gasteiger partial charge in [0.25, 0.3) is 0 Å². The largest absolute Gasteiger partial charge is 0.339 e. The van der Waals surface area contributed by atoms with Gasteiger partial charge < -0.3 is 15.1 Å². The van der Waals surface area contributed by atoms with Gasteiger partial charge in [0.1, 0.15) is 0 Å². The first-order chi connectivity index (χ1) is 12.1. The number of carbonyl (C=O) groups excluding carboxylic acids is 2. The third-order valence-electron chi connectivity index (χ3n) is 6.12. The Morgan fingerprint density at radius 3 is 2.28 bits per heavy atom. The van der Waals surface area contributed by atoms with Crippen molar-refractivity contribution in [1.82, 2.24) is 15.1 Å². The molecular formula is C20H27N3O2. The average Bonchev–Trinajstić information content (AvgIpc) is 2.90. The van der Waals surface area contributed by atoms with Gasteiger partial charge in [-0.2, -0.15) is 0 Å². The van der Waals surface area contributed by atoms with E-state index < -0.39 is 0 Å². The highest BCUT2D eigenvalue weighted by Gasteiger charge is 2.33. The van der Waals surface area contributed by atoms with E-state index in [4.69, 9.17) is 0 Å². The molecule has 1 aromatic carbocycles. The number of rotatable bonds is 2. The summed E-state index contributed by atoms with van der Waals surface area (Å²) in [6, 6.07) is 8.51. The smallest absolute Gasteiger partial charge is 0.318 e. The number of piperazine rings is 1. The van der Waals surface area contributed by atoms with Crippen molar-refractivity contribution in [3.05, 3.63) is 35.4 Å². The molecule has 0 radical (unpaired) electrons. The van der Waals surface area contributed by atoms with Crippen LogP contribution >= 0.6 is 0 Å². The minimum Gasteiger partial charge on any atom is -0.339 e. The van der Waals surface area contributed by atoms with Crippen LogP contribution in [0.2, 0.25) is 0 Å². The Balaban J connectivity index is 1.32. The first-order valence-corrected chi connectivity index (χ1v) is 9.56. The van der Waals surface area contributed by atoms with Crippen LogP contribution in [0, 0.1) is 5.92 Å². The Bertz CT molecular complexity index is 663. The molecule has 5 heteroatoms. The molecular weight excluding hydrogens is 314 g/mol. The van der Waals surface area contributed by atoms with Crippen molar-refractivity contribution in [3.8, 4) is 0 Å². The number of nitrogens with one attached hydrogen (secondary N) is 1. The Hall–Kier alpha value is -2.04. The summed E-state index contributed by atoms with van der Waals surface area (Å²) < 4.78 is 0. The summed E-state index contributed by atoms with van der Waals surface area (Å²) >= 11 is 0. The average molecular weight is 341 g/mol. The van der Waals surface area contributed by atoms with Gasteiger partial charge in [0.15, 0.2) is 0 Å². The molecule has 1 aromatic rings. The van der Waals surface area contributed by atoms with E-state index in [0.717, 1.165) is 19.3 Å². The molecule has 3 aliphatic rings.